The fourth-order valence-electron chi connectivity index (χ4n) is 2.15. The van der Waals surface area contributed by atoms with Crippen LogP contribution in [-0.4, -0.2) is 44.0 Å². The summed E-state index contributed by atoms with van der Waals surface area (Å²) in [6.45, 7) is 0.859. The topological polar surface area (TPSA) is 56.7 Å². The Bertz CT molecular complexity index is 688. The van der Waals surface area contributed by atoms with Crippen LogP contribution in [0, 0.1) is 5.82 Å². The molecule has 0 aliphatic carbocycles. The highest BCUT2D eigenvalue weighted by molar-refractivity contribution is 7.09. The molecule has 5 nitrogen and oxygen atoms in total. The molecule has 128 valence electrons. The molecule has 7 heteroatoms. The highest BCUT2D eigenvalue weighted by atomic mass is 32.1. The lowest BCUT2D eigenvalue weighted by molar-refractivity contribution is -0.115. The van der Waals surface area contributed by atoms with Crippen LogP contribution in [0.4, 0.5) is 10.1 Å². The van der Waals surface area contributed by atoms with Gasteiger partial charge in [0.15, 0.2) is 5.96 Å². The van der Waals surface area contributed by atoms with Crippen molar-refractivity contribution in [3.8, 4) is 0 Å². The van der Waals surface area contributed by atoms with Gasteiger partial charge in [-0.05, 0) is 36.1 Å². The van der Waals surface area contributed by atoms with Crippen molar-refractivity contribution in [3.05, 3.63) is 52.5 Å². The second-order valence-electron chi connectivity index (χ2n) is 5.21. The summed E-state index contributed by atoms with van der Waals surface area (Å²) in [4.78, 5) is 19.4. The highest BCUT2D eigenvalue weighted by Gasteiger charge is 2.09. The summed E-state index contributed by atoms with van der Waals surface area (Å²) < 4.78 is 13.1. The van der Waals surface area contributed by atoms with Gasteiger partial charge in [0.1, 0.15) is 5.82 Å². The Hall–Kier alpha value is -2.41. The van der Waals surface area contributed by atoms with Gasteiger partial charge in [-0.25, -0.2) is 4.39 Å². The van der Waals surface area contributed by atoms with Gasteiger partial charge >= 0.3 is 0 Å². The van der Waals surface area contributed by atoms with E-state index in [1.807, 2.05) is 18.0 Å². The van der Waals surface area contributed by atoms with Gasteiger partial charge in [-0.15, -0.1) is 11.3 Å². The van der Waals surface area contributed by atoms with Crippen molar-refractivity contribution in [2.75, 3.05) is 32.5 Å². The Balaban J connectivity index is 1.78. The monoisotopic (exact) mass is 348 g/mol. The van der Waals surface area contributed by atoms with Crippen LogP contribution in [0.5, 0.6) is 0 Å². The first-order valence-electron chi connectivity index (χ1n) is 7.58. The number of thiophene rings is 1. The molecule has 2 N–H and O–H groups in total. The summed E-state index contributed by atoms with van der Waals surface area (Å²) in [6, 6.07) is 9.93. The number of rotatable bonds is 6. The molecule has 24 heavy (non-hydrogen) atoms. The van der Waals surface area contributed by atoms with Crippen LogP contribution in [-0.2, 0) is 11.2 Å². The smallest absolute Gasteiger partial charge is 0.243 e. The molecule has 0 saturated carbocycles. The van der Waals surface area contributed by atoms with Crippen molar-refractivity contribution in [2.24, 2.45) is 4.99 Å². The number of anilines is 1. The second kappa shape index (κ2) is 9.02. The van der Waals surface area contributed by atoms with Gasteiger partial charge in [-0.1, -0.05) is 12.1 Å². The van der Waals surface area contributed by atoms with Crippen LogP contribution >= 0.6 is 11.3 Å². The summed E-state index contributed by atoms with van der Waals surface area (Å²) in [5, 5.41) is 7.70. The number of aliphatic imine (C=N–C) groups is 1. The van der Waals surface area contributed by atoms with Crippen molar-refractivity contribution in [2.45, 2.75) is 6.42 Å². The predicted octanol–water partition coefficient (Wildman–Crippen LogP) is 2.58. The number of carbonyl (C=O) groups is 1. The number of likely N-dealkylation sites (N-methyl/N-ethyl adjacent to an activating group) is 1. The van der Waals surface area contributed by atoms with Crippen molar-refractivity contribution in [1.29, 1.82) is 0 Å². The molecule has 0 aliphatic heterocycles. The summed E-state index contributed by atoms with van der Waals surface area (Å²) in [5.74, 6) is -0.000709. The number of carbonyl (C=O) groups excluding carboxylic acids is 1. The maximum absolute atomic E-state index is 13.1. The van der Waals surface area contributed by atoms with Crippen LogP contribution in [0.2, 0.25) is 0 Å². The molecule has 0 unspecified atom stereocenters. The summed E-state index contributed by atoms with van der Waals surface area (Å²) >= 11 is 1.72. The van der Waals surface area contributed by atoms with Gasteiger partial charge in [0.2, 0.25) is 5.91 Å². The number of halogens is 1. The molecule has 2 rings (SSSR count). The van der Waals surface area contributed by atoms with E-state index in [4.69, 9.17) is 0 Å². The van der Waals surface area contributed by atoms with E-state index in [0.717, 1.165) is 13.0 Å². The zero-order valence-electron chi connectivity index (χ0n) is 13.8. The minimum Gasteiger partial charge on any atom is -0.347 e. The van der Waals surface area contributed by atoms with Crippen LogP contribution < -0.4 is 10.6 Å². The van der Waals surface area contributed by atoms with Gasteiger partial charge in [0, 0.05) is 31.2 Å². The van der Waals surface area contributed by atoms with E-state index in [-0.39, 0.29) is 18.3 Å². The first kappa shape index (κ1) is 17.9. The first-order chi connectivity index (χ1) is 11.6. The second-order valence-corrected chi connectivity index (χ2v) is 6.24. The molecule has 1 heterocycles. The van der Waals surface area contributed by atoms with Crippen molar-refractivity contribution < 1.29 is 9.18 Å². The maximum Gasteiger partial charge on any atom is 0.243 e. The molecule has 1 amide bonds. The number of hydrogen-bond donors (Lipinski definition) is 2. The van der Waals surface area contributed by atoms with Crippen molar-refractivity contribution in [3.63, 3.8) is 0 Å². The molecular weight excluding hydrogens is 327 g/mol. The van der Waals surface area contributed by atoms with E-state index < -0.39 is 0 Å². The molecule has 1 aromatic carbocycles. The van der Waals surface area contributed by atoms with Crippen LogP contribution in [0.1, 0.15) is 4.88 Å². The minimum absolute atomic E-state index is 0.0620. The number of guanidine groups is 1. The molecule has 0 fully saturated rings. The number of nitrogens with zero attached hydrogens (tertiary/aromatic N) is 2. The van der Waals surface area contributed by atoms with Crippen LogP contribution in [0.15, 0.2) is 46.8 Å². The molecule has 0 spiro atoms. The van der Waals surface area contributed by atoms with E-state index >= 15 is 0 Å². The number of amides is 1. The standard InChI is InChI=1S/C17H21FN4OS/c1-19-17(22(2)9-8-15-7-4-10-24-15)20-12-16(23)21-14-6-3-5-13(18)11-14/h3-7,10-11H,8-9,12H2,1-2H3,(H,19,20)(H,21,23). The lowest BCUT2D eigenvalue weighted by atomic mass is 10.3. The largest absolute Gasteiger partial charge is 0.347 e. The zero-order valence-corrected chi connectivity index (χ0v) is 14.6. The van der Waals surface area contributed by atoms with Gasteiger partial charge in [0.05, 0.1) is 6.54 Å². The van der Waals surface area contributed by atoms with Gasteiger partial charge in [-0.3, -0.25) is 9.79 Å². The van der Waals surface area contributed by atoms with Crippen LogP contribution in [0.3, 0.4) is 0 Å². The van der Waals surface area contributed by atoms with Gasteiger partial charge in [-0.2, -0.15) is 0 Å². The Morgan fingerprint density at radius 2 is 2.17 bits per heavy atom. The third-order valence-electron chi connectivity index (χ3n) is 3.36. The summed E-state index contributed by atoms with van der Waals surface area (Å²) in [5.41, 5.74) is 0.433. The van der Waals surface area contributed by atoms with E-state index in [0.29, 0.717) is 11.6 Å². The lowest BCUT2D eigenvalue weighted by Gasteiger charge is -2.21. The Kier molecular flexibility index (Phi) is 6.74. The number of benzene rings is 1. The summed E-state index contributed by atoms with van der Waals surface area (Å²) in [7, 11) is 3.60. The van der Waals surface area contributed by atoms with E-state index in [1.54, 1.807) is 30.5 Å². The quantitative estimate of drug-likeness (QED) is 0.623. The molecule has 2 aromatic rings. The first-order valence-corrected chi connectivity index (χ1v) is 8.46. The van der Waals surface area contributed by atoms with Crippen molar-refractivity contribution in [1.82, 2.24) is 10.2 Å². The van der Waals surface area contributed by atoms with Crippen molar-refractivity contribution >= 4 is 28.9 Å². The van der Waals surface area contributed by atoms with Gasteiger partial charge < -0.3 is 15.5 Å². The fourth-order valence-corrected chi connectivity index (χ4v) is 2.85. The highest BCUT2D eigenvalue weighted by Crippen LogP contribution is 2.10. The molecule has 0 radical (unpaired) electrons. The molecule has 0 aliphatic rings. The Labute approximate surface area is 145 Å². The van der Waals surface area contributed by atoms with Gasteiger partial charge in [0.25, 0.3) is 0 Å². The fraction of sp³-hybridized carbons (Fsp3) is 0.294. The Morgan fingerprint density at radius 3 is 2.83 bits per heavy atom. The number of nitrogens with one attached hydrogen (secondary N) is 2. The SMILES string of the molecule is CN=C(NCC(=O)Nc1cccc(F)c1)N(C)CCc1cccs1. The molecular formula is C17H21FN4OS. The average Bonchev–Trinajstić information content (AvgIpc) is 3.07. The number of hydrogen-bond acceptors (Lipinski definition) is 3. The minimum atomic E-state index is -0.384. The molecule has 0 saturated heterocycles. The third kappa shape index (κ3) is 5.66. The molecule has 1 aromatic heterocycles. The third-order valence-corrected chi connectivity index (χ3v) is 4.30. The van der Waals surface area contributed by atoms with E-state index in [2.05, 4.69) is 27.1 Å². The lowest BCUT2D eigenvalue weighted by Crippen LogP contribution is -2.43. The molecule has 0 atom stereocenters. The Morgan fingerprint density at radius 1 is 1.33 bits per heavy atom. The predicted molar refractivity (Wildman–Crippen MR) is 97.0 cm³/mol. The normalized spacial score (nSPS) is 11.2. The maximum atomic E-state index is 13.1. The summed E-state index contributed by atoms with van der Waals surface area (Å²) in [6.07, 6.45) is 0.921. The zero-order chi connectivity index (χ0) is 17.4. The van der Waals surface area contributed by atoms with E-state index in [1.165, 1.54) is 17.0 Å². The van der Waals surface area contributed by atoms with Crippen LogP contribution in [0.25, 0.3) is 0 Å². The molecule has 0 bridgehead atoms. The average molecular weight is 348 g/mol. The van der Waals surface area contributed by atoms with E-state index in [9.17, 15) is 9.18 Å².